The first-order chi connectivity index (χ1) is 12.2. The van der Waals surface area contributed by atoms with E-state index in [2.05, 4.69) is 24.4 Å². The minimum absolute atomic E-state index is 0.0826. The molecule has 0 saturated heterocycles. The molecule has 136 valence electrons. The Bertz CT molecular complexity index is 588. The van der Waals surface area contributed by atoms with Crippen LogP contribution in [0.4, 0.5) is 0 Å². The summed E-state index contributed by atoms with van der Waals surface area (Å²) >= 11 is 0. The van der Waals surface area contributed by atoms with Crippen molar-refractivity contribution in [2.75, 3.05) is 6.61 Å². The summed E-state index contributed by atoms with van der Waals surface area (Å²) in [5.74, 6) is 1.73. The number of hydrogen-bond donors (Lipinski definition) is 1. The van der Waals surface area contributed by atoms with Crippen LogP contribution in [0.25, 0.3) is 0 Å². The lowest BCUT2D eigenvalue weighted by Crippen LogP contribution is -2.50. The Morgan fingerprint density at radius 1 is 1.32 bits per heavy atom. The van der Waals surface area contributed by atoms with Crippen molar-refractivity contribution in [3.05, 3.63) is 35.9 Å². The smallest absolute Gasteiger partial charge is 0.323 e. The van der Waals surface area contributed by atoms with E-state index >= 15 is 0 Å². The molecular formula is C21H29NO3. The molecule has 2 saturated carbocycles. The number of benzene rings is 1. The van der Waals surface area contributed by atoms with E-state index in [0.29, 0.717) is 30.8 Å². The Labute approximate surface area is 150 Å². The van der Waals surface area contributed by atoms with Crippen LogP contribution in [-0.2, 0) is 14.3 Å². The highest BCUT2D eigenvalue weighted by atomic mass is 16.5. The molecule has 0 radical (unpaired) electrons. The van der Waals surface area contributed by atoms with Crippen molar-refractivity contribution >= 4 is 12.3 Å². The average Bonchev–Trinajstić information content (AvgIpc) is 2.94. The summed E-state index contributed by atoms with van der Waals surface area (Å²) in [7, 11) is 0. The van der Waals surface area contributed by atoms with Crippen LogP contribution < -0.4 is 5.32 Å². The summed E-state index contributed by atoms with van der Waals surface area (Å²) in [4.78, 5) is 23.6. The van der Waals surface area contributed by atoms with Crippen molar-refractivity contribution in [3.63, 3.8) is 0 Å². The number of aldehydes is 1. The third kappa shape index (κ3) is 3.79. The van der Waals surface area contributed by atoms with Gasteiger partial charge in [0.2, 0.25) is 0 Å². The highest BCUT2D eigenvalue weighted by Gasteiger charge is 2.52. The number of esters is 1. The minimum atomic E-state index is -0.292. The van der Waals surface area contributed by atoms with E-state index in [1.54, 1.807) is 0 Å². The fourth-order valence-corrected chi connectivity index (χ4v) is 4.97. The molecule has 1 N–H and O–H groups in total. The third-order valence-electron chi connectivity index (χ3n) is 6.16. The Hall–Kier alpha value is -1.68. The zero-order valence-corrected chi connectivity index (χ0v) is 15.2. The lowest BCUT2D eigenvalue weighted by molar-refractivity contribution is -0.149. The summed E-state index contributed by atoms with van der Waals surface area (Å²) in [6.07, 6.45) is 5.02. The molecule has 2 fully saturated rings. The van der Waals surface area contributed by atoms with Crippen LogP contribution in [0.15, 0.2) is 30.3 Å². The van der Waals surface area contributed by atoms with Gasteiger partial charge in [0, 0.05) is 12.5 Å². The molecule has 1 aromatic carbocycles. The largest absolute Gasteiger partial charge is 0.465 e. The van der Waals surface area contributed by atoms with E-state index in [9.17, 15) is 9.59 Å². The first-order valence-electron chi connectivity index (χ1n) is 9.57. The van der Waals surface area contributed by atoms with Crippen LogP contribution >= 0.6 is 0 Å². The summed E-state index contributed by atoms with van der Waals surface area (Å²) in [5, 5.41) is 3.54. The third-order valence-corrected chi connectivity index (χ3v) is 6.16. The first-order valence-corrected chi connectivity index (χ1v) is 9.57. The van der Waals surface area contributed by atoms with Gasteiger partial charge >= 0.3 is 5.97 Å². The van der Waals surface area contributed by atoms with Crippen molar-refractivity contribution in [3.8, 4) is 0 Å². The SMILES string of the molecule is CCOC(=O)[C@H](N[C@@H](C)c1ccccc1)C1CCC2CC(CC=O)C21. The van der Waals surface area contributed by atoms with Crippen LogP contribution in [0.3, 0.4) is 0 Å². The van der Waals surface area contributed by atoms with Crippen molar-refractivity contribution in [1.29, 1.82) is 0 Å². The second-order valence-corrected chi connectivity index (χ2v) is 7.51. The number of fused-ring (bicyclic) bond motifs is 1. The quantitative estimate of drug-likeness (QED) is 0.580. The molecule has 4 heteroatoms. The van der Waals surface area contributed by atoms with Gasteiger partial charge in [0.05, 0.1) is 6.61 Å². The molecule has 4 nitrogen and oxygen atoms in total. The fourth-order valence-electron chi connectivity index (χ4n) is 4.97. The van der Waals surface area contributed by atoms with Gasteiger partial charge < -0.3 is 9.53 Å². The van der Waals surface area contributed by atoms with Gasteiger partial charge in [-0.1, -0.05) is 30.3 Å². The fraction of sp³-hybridized carbons (Fsp3) is 0.619. The number of nitrogens with one attached hydrogen (secondary N) is 1. The van der Waals surface area contributed by atoms with Crippen LogP contribution in [-0.4, -0.2) is 24.9 Å². The molecule has 25 heavy (non-hydrogen) atoms. The van der Waals surface area contributed by atoms with Crippen LogP contribution in [0.1, 0.15) is 51.1 Å². The Kier molecular flexibility index (Phi) is 5.89. The van der Waals surface area contributed by atoms with Crippen molar-refractivity contribution < 1.29 is 14.3 Å². The van der Waals surface area contributed by atoms with Gasteiger partial charge in [-0.2, -0.15) is 0 Å². The molecule has 0 aromatic heterocycles. The van der Waals surface area contributed by atoms with Gasteiger partial charge in [-0.3, -0.25) is 10.1 Å². The van der Waals surface area contributed by atoms with Crippen LogP contribution in [0.5, 0.6) is 0 Å². The van der Waals surface area contributed by atoms with Gasteiger partial charge in [0.25, 0.3) is 0 Å². The first kappa shape index (κ1) is 18.1. The molecule has 0 amide bonds. The molecule has 1 aromatic rings. The van der Waals surface area contributed by atoms with Gasteiger partial charge in [-0.25, -0.2) is 0 Å². The molecule has 3 rings (SSSR count). The summed E-state index contributed by atoms with van der Waals surface area (Å²) < 4.78 is 5.39. The second-order valence-electron chi connectivity index (χ2n) is 7.51. The lowest BCUT2D eigenvalue weighted by atomic mass is 9.61. The summed E-state index contributed by atoms with van der Waals surface area (Å²) in [6, 6.07) is 9.98. The van der Waals surface area contributed by atoms with E-state index in [1.165, 1.54) is 12.0 Å². The number of hydrogen-bond acceptors (Lipinski definition) is 4. The Morgan fingerprint density at radius 3 is 2.76 bits per heavy atom. The average molecular weight is 343 g/mol. The number of carbonyl (C=O) groups excluding carboxylic acids is 2. The molecule has 0 aliphatic heterocycles. The van der Waals surface area contributed by atoms with Crippen molar-refractivity contribution in [1.82, 2.24) is 5.32 Å². The molecule has 0 bridgehead atoms. The monoisotopic (exact) mass is 343 g/mol. The van der Waals surface area contributed by atoms with Crippen molar-refractivity contribution in [2.45, 2.75) is 51.6 Å². The Balaban J connectivity index is 1.75. The molecule has 2 aliphatic rings. The molecule has 6 atom stereocenters. The van der Waals surface area contributed by atoms with E-state index in [1.807, 2.05) is 25.1 Å². The topological polar surface area (TPSA) is 55.4 Å². The predicted octanol–water partition coefficient (Wildman–Crippen LogP) is 3.52. The summed E-state index contributed by atoms with van der Waals surface area (Å²) in [5.41, 5.74) is 1.17. The minimum Gasteiger partial charge on any atom is -0.465 e. The maximum absolute atomic E-state index is 12.7. The normalized spacial score (nSPS) is 30.0. The number of ether oxygens (including phenoxy) is 1. The van der Waals surface area contributed by atoms with Crippen molar-refractivity contribution in [2.24, 2.45) is 23.7 Å². The molecule has 2 aliphatic carbocycles. The second kappa shape index (κ2) is 8.13. The van der Waals surface area contributed by atoms with Gasteiger partial charge in [0.1, 0.15) is 12.3 Å². The van der Waals surface area contributed by atoms with Crippen LogP contribution in [0, 0.1) is 23.7 Å². The highest BCUT2D eigenvalue weighted by molar-refractivity contribution is 5.76. The summed E-state index contributed by atoms with van der Waals surface area (Å²) in [6.45, 7) is 4.35. The van der Waals surface area contributed by atoms with E-state index in [0.717, 1.165) is 19.1 Å². The molecule has 0 spiro atoms. The standard InChI is InChI=1S/C21H29NO3/c1-3-25-21(24)20(22-14(2)15-7-5-4-6-8-15)18-10-9-16-13-17(11-12-23)19(16)18/h4-8,12,14,16-20,22H,3,9-11,13H2,1-2H3/t14-,16?,17?,18?,19?,20+/m0/s1. The molecule has 4 unspecified atom stereocenters. The van der Waals surface area contributed by atoms with Crippen LogP contribution in [0.2, 0.25) is 0 Å². The maximum atomic E-state index is 12.7. The zero-order valence-electron chi connectivity index (χ0n) is 15.2. The number of rotatable bonds is 8. The van der Waals surface area contributed by atoms with E-state index in [4.69, 9.17) is 4.74 Å². The lowest BCUT2D eigenvalue weighted by Gasteiger charge is -2.44. The van der Waals surface area contributed by atoms with E-state index < -0.39 is 0 Å². The van der Waals surface area contributed by atoms with E-state index in [-0.39, 0.29) is 24.0 Å². The predicted molar refractivity (Wildman–Crippen MR) is 96.9 cm³/mol. The number of carbonyl (C=O) groups is 2. The van der Waals surface area contributed by atoms with Gasteiger partial charge in [-0.05, 0) is 62.3 Å². The van der Waals surface area contributed by atoms with Gasteiger partial charge in [0.15, 0.2) is 0 Å². The Morgan fingerprint density at radius 2 is 2.08 bits per heavy atom. The highest BCUT2D eigenvalue weighted by Crippen LogP contribution is 2.56. The molecular weight excluding hydrogens is 314 g/mol. The maximum Gasteiger partial charge on any atom is 0.323 e. The zero-order chi connectivity index (χ0) is 17.8. The van der Waals surface area contributed by atoms with Gasteiger partial charge in [-0.15, -0.1) is 0 Å². The molecule has 0 heterocycles.